The number of carbonyl (C=O) groups is 2. The fourth-order valence-electron chi connectivity index (χ4n) is 1.73. The third kappa shape index (κ3) is 3.90. The zero-order valence-corrected chi connectivity index (χ0v) is 9.33. The predicted molar refractivity (Wildman–Crippen MR) is 52.2 cm³/mol. The van der Waals surface area contributed by atoms with Gasteiger partial charge < -0.3 is 10.0 Å². The molecule has 0 spiro atoms. The number of nitrogens with zero attached hydrogens (tertiary/aromatic N) is 1. The van der Waals surface area contributed by atoms with Crippen LogP contribution < -0.4 is 0 Å². The predicted octanol–water partition coefficient (Wildman–Crippen LogP) is 1.51. The highest BCUT2D eigenvalue weighted by Crippen LogP contribution is 2.40. The van der Waals surface area contributed by atoms with Crippen LogP contribution in [0.25, 0.3) is 0 Å². The van der Waals surface area contributed by atoms with Crippen LogP contribution in [0.15, 0.2) is 0 Å². The van der Waals surface area contributed by atoms with Crippen LogP contribution in [0, 0.1) is 11.8 Å². The summed E-state index contributed by atoms with van der Waals surface area (Å²) in [5, 5.41) is 8.62. The van der Waals surface area contributed by atoms with Crippen molar-refractivity contribution in [3.8, 4) is 0 Å². The molecule has 1 rings (SSSR count). The maximum atomic E-state index is 12.2. The first-order valence-electron chi connectivity index (χ1n) is 5.34. The van der Waals surface area contributed by atoms with Gasteiger partial charge in [-0.1, -0.05) is 6.92 Å². The van der Waals surface area contributed by atoms with Crippen LogP contribution in [0.3, 0.4) is 0 Å². The fourth-order valence-corrected chi connectivity index (χ4v) is 1.73. The third-order valence-electron chi connectivity index (χ3n) is 2.60. The molecule has 1 aliphatic carbocycles. The quantitative estimate of drug-likeness (QED) is 0.808. The van der Waals surface area contributed by atoms with Gasteiger partial charge in [-0.3, -0.25) is 9.59 Å². The number of alkyl halides is 3. The summed E-state index contributed by atoms with van der Waals surface area (Å²) in [6.45, 7) is 0.363. The highest BCUT2D eigenvalue weighted by Gasteiger charge is 2.50. The van der Waals surface area contributed by atoms with E-state index in [0.717, 1.165) is 0 Å². The van der Waals surface area contributed by atoms with E-state index in [-0.39, 0.29) is 13.0 Å². The minimum Gasteiger partial charge on any atom is -0.481 e. The molecule has 1 amide bonds. The average Bonchev–Trinajstić information content (AvgIpc) is 2.93. The first-order valence-corrected chi connectivity index (χ1v) is 5.34. The normalized spacial score (nSPS) is 23.3. The maximum absolute atomic E-state index is 12.2. The van der Waals surface area contributed by atoms with Crippen molar-refractivity contribution in [2.75, 3.05) is 13.1 Å². The van der Waals surface area contributed by atoms with E-state index in [1.807, 2.05) is 0 Å². The minimum absolute atomic E-state index is 0.00117. The zero-order chi connectivity index (χ0) is 13.2. The molecule has 1 fully saturated rings. The van der Waals surface area contributed by atoms with E-state index in [1.54, 1.807) is 6.92 Å². The summed E-state index contributed by atoms with van der Waals surface area (Å²) in [7, 11) is 0. The van der Waals surface area contributed by atoms with Crippen LogP contribution in [0.2, 0.25) is 0 Å². The van der Waals surface area contributed by atoms with Gasteiger partial charge in [0, 0.05) is 6.54 Å². The second kappa shape index (κ2) is 4.93. The molecule has 0 aromatic carbocycles. The molecule has 0 bridgehead atoms. The van der Waals surface area contributed by atoms with Crippen molar-refractivity contribution in [3.63, 3.8) is 0 Å². The molecule has 1 saturated carbocycles. The monoisotopic (exact) mass is 253 g/mol. The van der Waals surface area contributed by atoms with Crippen LogP contribution in [0.1, 0.15) is 19.8 Å². The molecule has 2 atom stereocenters. The molecule has 1 N–H and O–H groups in total. The van der Waals surface area contributed by atoms with Crippen molar-refractivity contribution >= 4 is 11.9 Å². The van der Waals surface area contributed by atoms with E-state index in [9.17, 15) is 22.8 Å². The molecule has 0 aromatic heterocycles. The number of aliphatic carboxylic acids is 1. The number of rotatable bonds is 5. The van der Waals surface area contributed by atoms with Gasteiger partial charge in [-0.15, -0.1) is 0 Å². The Hall–Kier alpha value is -1.27. The summed E-state index contributed by atoms with van der Waals surface area (Å²) in [5.41, 5.74) is 0. The summed E-state index contributed by atoms with van der Waals surface area (Å²) in [5.74, 6) is -3.40. The lowest BCUT2D eigenvalue weighted by Gasteiger charge is -2.23. The SMILES string of the molecule is CCCN(CC(F)(F)F)C(=O)C1CC1C(=O)O. The second-order valence-electron chi connectivity index (χ2n) is 4.16. The van der Waals surface area contributed by atoms with Crippen LogP contribution in [-0.2, 0) is 9.59 Å². The average molecular weight is 253 g/mol. The van der Waals surface area contributed by atoms with Gasteiger partial charge in [0.2, 0.25) is 5.91 Å². The molecule has 1 aliphatic rings. The number of carboxylic acid groups (broad SMARTS) is 1. The molecule has 0 saturated heterocycles. The summed E-state index contributed by atoms with van der Waals surface area (Å²) in [6.07, 6.45) is -3.89. The highest BCUT2D eigenvalue weighted by atomic mass is 19.4. The van der Waals surface area contributed by atoms with E-state index >= 15 is 0 Å². The van der Waals surface area contributed by atoms with Gasteiger partial charge in [0.05, 0.1) is 11.8 Å². The summed E-state index contributed by atoms with van der Waals surface area (Å²) < 4.78 is 36.7. The Balaban J connectivity index is 2.59. The highest BCUT2D eigenvalue weighted by molar-refractivity contribution is 5.89. The van der Waals surface area contributed by atoms with Crippen molar-refractivity contribution in [3.05, 3.63) is 0 Å². The number of amides is 1. The first-order chi connectivity index (χ1) is 7.76. The number of carbonyl (C=O) groups excluding carboxylic acids is 1. The lowest BCUT2D eigenvalue weighted by atomic mass is 10.2. The molecular weight excluding hydrogens is 239 g/mol. The van der Waals surface area contributed by atoms with E-state index in [4.69, 9.17) is 5.11 Å². The van der Waals surface area contributed by atoms with Gasteiger partial charge in [-0.25, -0.2) is 0 Å². The number of halogens is 3. The lowest BCUT2D eigenvalue weighted by Crippen LogP contribution is -2.40. The molecule has 4 nitrogen and oxygen atoms in total. The van der Waals surface area contributed by atoms with Gasteiger partial charge >= 0.3 is 12.1 Å². The van der Waals surface area contributed by atoms with E-state index in [1.165, 1.54) is 0 Å². The largest absolute Gasteiger partial charge is 0.481 e. The molecule has 0 heterocycles. The van der Waals surface area contributed by atoms with Crippen molar-refractivity contribution in [1.82, 2.24) is 4.90 Å². The summed E-state index contributed by atoms with van der Waals surface area (Å²) in [6, 6.07) is 0. The molecular formula is C10H14F3NO3. The summed E-state index contributed by atoms with van der Waals surface area (Å²) >= 11 is 0. The smallest absolute Gasteiger partial charge is 0.406 e. The third-order valence-corrected chi connectivity index (χ3v) is 2.60. The maximum Gasteiger partial charge on any atom is 0.406 e. The number of hydrogen-bond donors (Lipinski definition) is 1. The Morgan fingerprint density at radius 1 is 1.35 bits per heavy atom. The Morgan fingerprint density at radius 3 is 2.29 bits per heavy atom. The molecule has 0 aromatic rings. The molecule has 98 valence electrons. The van der Waals surface area contributed by atoms with Crippen molar-refractivity contribution < 1.29 is 27.9 Å². The van der Waals surface area contributed by atoms with Gasteiger partial charge in [0.1, 0.15) is 6.54 Å². The Bertz CT molecular complexity index is 316. The van der Waals surface area contributed by atoms with Crippen LogP contribution in [0.4, 0.5) is 13.2 Å². The van der Waals surface area contributed by atoms with Crippen LogP contribution >= 0.6 is 0 Å². The Labute approximate surface area is 96.4 Å². The van der Waals surface area contributed by atoms with E-state index in [2.05, 4.69) is 0 Å². The second-order valence-corrected chi connectivity index (χ2v) is 4.16. The van der Waals surface area contributed by atoms with Crippen LogP contribution in [-0.4, -0.2) is 41.1 Å². The molecule has 7 heteroatoms. The van der Waals surface area contributed by atoms with Gasteiger partial charge in [-0.2, -0.15) is 13.2 Å². The van der Waals surface area contributed by atoms with E-state index in [0.29, 0.717) is 11.3 Å². The Kier molecular flexibility index (Phi) is 4.00. The standard InChI is InChI=1S/C10H14F3NO3/c1-2-3-14(5-10(11,12)13)8(15)6-4-7(6)9(16)17/h6-7H,2-5H2,1H3,(H,16,17). The lowest BCUT2D eigenvalue weighted by molar-refractivity contribution is -0.162. The molecule has 0 aliphatic heterocycles. The van der Waals surface area contributed by atoms with Crippen molar-refractivity contribution in [2.45, 2.75) is 25.9 Å². The molecule has 2 unspecified atom stereocenters. The number of carboxylic acids is 1. The Morgan fingerprint density at radius 2 is 1.94 bits per heavy atom. The van der Waals surface area contributed by atoms with E-state index < -0.39 is 36.4 Å². The van der Waals surface area contributed by atoms with Gasteiger partial charge in [0.15, 0.2) is 0 Å². The van der Waals surface area contributed by atoms with Crippen molar-refractivity contribution in [2.24, 2.45) is 11.8 Å². The molecule has 17 heavy (non-hydrogen) atoms. The van der Waals surface area contributed by atoms with Gasteiger partial charge in [-0.05, 0) is 12.8 Å². The van der Waals surface area contributed by atoms with Gasteiger partial charge in [0.25, 0.3) is 0 Å². The summed E-state index contributed by atoms with van der Waals surface area (Å²) in [4.78, 5) is 22.9. The first kappa shape index (κ1) is 13.8. The topological polar surface area (TPSA) is 57.6 Å². The van der Waals surface area contributed by atoms with Crippen LogP contribution in [0.5, 0.6) is 0 Å². The minimum atomic E-state index is -4.45. The zero-order valence-electron chi connectivity index (χ0n) is 9.33. The fraction of sp³-hybridized carbons (Fsp3) is 0.800. The van der Waals surface area contributed by atoms with Crippen molar-refractivity contribution in [1.29, 1.82) is 0 Å². The molecule has 0 radical (unpaired) electrons. The number of hydrogen-bond acceptors (Lipinski definition) is 2.